The van der Waals surface area contributed by atoms with Crippen molar-refractivity contribution in [1.82, 2.24) is 0 Å². The normalized spacial score (nSPS) is 13.4. The van der Waals surface area contributed by atoms with Crippen molar-refractivity contribution in [2.24, 2.45) is 5.92 Å². The number of unbranched alkanes of at least 4 members (excludes halogenated alkanes) is 2. The summed E-state index contributed by atoms with van der Waals surface area (Å²) in [6.07, 6.45) is 6.39. The molecule has 1 aromatic rings. The molecule has 0 amide bonds. The summed E-state index contributed by atoms with van der Waals surface area (Å²) in [5, 5.41) is 21.0. The lowest BCUT2D eigenvalue weighted by Crippen LogP contribution is -2.10. The summed E-state index contributed by atoms with van der Waals surface area (Å²) in [4.78, 5) is 0. The first-order valence-corrected chi connectivity index (χ1v) is 8.63. The molecule has 0 aromatic heterocycles. The maximum absolute atomic E-state index is 10.5. The van der Waals surface area contributed by atoms with Crippen molar-refractivity contribution in [2.75, 3.05) is 0 Å². The van der Waals surface area contributed by atoms with Crippen LogP contribution in [0.2, 0.25) is 0 Å². The van der Waals surface area contributed by atoms with Crippen molar-refractivity contribution in [1.29, 1.82) is 0 Å². The van der Waals surface area contributed by atoms with Crippen LogP contribution in [0.1, 0.15) is 70.9 Å². The number of aryl methyl sites for hydroxylation is 1. The Hall–Kier alpha value is -1.70. The van der Waals surface area contributed by atoms with Crippen LogP contribution < -0.4 is 0 Å². The number of aromatic hydroxyl groups is 2. The Kier molecular flexibility index (Phi) is 7.41. The molecule has 2 nitrogen and oxygen atoms in total. The average Bonchev–Trinajstić information content (AvgIpc) is 2.44. The third kappa shape index (κ3) is 5.46. The van der Waals surface area contributed by atoms with Crippen LogP contribution in [0.3, 0.4) is 0 Å². The number of hydrogen-bond donors (Lipinski definition) is 2. The molecule has 0 aliphatic carbocycles. The number of phenols is 2. The minimum absolute atomic E-state index is 0.0674. The van der Waals surface area contributed by atoms with Gasteiger partial charge in [0.1, 0.15) is 11.5 Å². The van der Waals surface area contributed by atoms with E-state index in [1.54, 1.807) is 0 Å². The lowest BCUT2D eigenvalue weighted by Gasteiger charge is -2.24. The third-order valence-electron chi connectivity index (χ3n) is 4.43. The predicted octanol–water partition coefficient (Wildman–Crippen LogP) is 6.09. The highest BCUT2D eigenvalue weighted by Crippen LogP contribution is 2.42. The van der Waals surface area contributed by atoms with Crippen LogP contribution >= 0.6 is 0 Å². The Morgan fingerprint density at radius 1 is 1.13 bits per heavy atom. The van der Waals surface area contributed by atoms with Crippen molar-refractivity contribution in [3.05, 3.63) is 47.1 Å². The molecule has 0 saturated carbocycles. The number of rotatable bonds is 8. The van der Waals surface area contributed by atoms with E-state index in [0.717, 1.165) is 42.4 Å². The molecule has 2 heteroatoms. The molecule has 0 radical (unpaired) electrons. The van der Waals surface area contributed by atoms with E-state index < -0.39 is 0 Å². The van der Waals surface area contributed by atoms with Crippen LogP contribution in [0.25, 0.3) is 0 Å². The second-order valence-corrected chi connectivity index (χ2v) is 6.91. The Balaban J connectivity index is 3.22. The molecular formula is C21H32O2. The van der Waals surface area contributed by atoms with Gasteiger partial charge in [0.05, 0.1) is 0 Å². The van der Waals surface area contributed by atoms with E-state index in [-0.39, 0.29) is 23.3 Å². The van der Waals surface area contributed by atoms with Gasteiger partial charge in [-0.2, -0.15) is 0 Å². The maximum Gasteiger partial charge on any atom is 0.123 e. The molecule has 0 spiro atoms. The molecule has 128 valence electrons. The average molecular weight is 316 g/mol. The molecule has 2 N–H and O–H groups in total. The molecule has 1 rings (SSSR count). The zero-order valence-electron chi connectivity index (χ0n) is 15.3. The highest BCUT2D eigenvalue weighted by Gasteiger charge is 2.24. The topological polar surface area (TPSA) is 40.5 Å². The molecule has 0 heterocycles. The molecular weight excluding hydrogens is 284 g/mol. The van der Waals surface area contributed by atoms with E-state index in [1.807, 2.05) is 32.9 Å². The molecule has 23 heavy (non-hydrogen) atoms. The van der Waals surface area contributed by atoms with Crippen LogP contribution in [0.5, 0.6) is 11.5 Å². The molecule has 1 aromatic carbocycles. The number of allylic oxidation sites excluding steroid dienone is 3. The van der Waals surface area contributed by atoms with Crippen LogP contribution in [0.4, 0.5) is 0 Å². The van der Waals surface area contributed by atoms with E-state index in [4.69, 9.17) is 0 Å². The largest absolute Gasteiger partial charge is 0.507 e. The van der Waals surface area contributed by atoms with Gasteiger partial charge in [0.25, 0.3) is 0 Å². The molecule has 0 aliphatic heterocycles. The monoisotopic (exact) mass is 316 g/mol. The summed E-state index contributed by atoms with van der Waals surface area (Å²) in [5.41, 5.74) is 3.81. The van der Waals surface area contributed by atoms with Gasteiger partial charge in [-0.15, -0.1) is 0 Å². The van der Waals surface area contributed by atoms with E-state index >= 15 is 0 Å². The van der Waals surface area contributed by atoms with Gasteiger partial charge in [-0.05, 0) is 57.2 Å². The van der Waals surface area contributed by atoms with Crippen LogP contribution in [-0.2, 0) is 6.42 Å². The quantitative estimate of drug-likeness (QED) is 0.450. The van der Waals surface area contributed by atoms with Gasteiger partial charge >= 0.3 is 0 Å². The fourth-order valence-corrected chi connectivity index (χ4v) is 2.89. The van der Waals surface area contributed by atoms with E-state index in [0.29, 0.717) is 5.56 Å². The van der Waals surface area contributed by atoms with Crippen molar-refractivity contribution in [2.45, 2.75) is 66.2 Å². The minimum Gasteiger partial charge on any atom is -0.507 e. The van der Waals surface area contributed by atoms with Gasteiger partial charge in [0.2, 0.25) is 0 Å². The lowest BCUT2D eigenvalue weighted by atomic mass is 9.81. The third-order valence-corrected chi connectivity index (χ3v) is 4.43. The summed E-state index contributed by atoms with van der Waals surface area (Å²) < 4.78 is 0. The zero-order chi connectivity index (χ0) is 17.6. The van der Waals surface area contributed by atoms with Gasteiger partial charge < -0.3 is 10.2 Å². The summed E-state index contributed by atoms with van der Waals surface area (Å²) in [7, 11) is 0. The zero-order valence-corrected chi connectivity index (χ0v) is 15.3. The fraction of sp³-hybridized carbons (Fsp3) is 0.524. The van der Waals surface area contributed by atoms with Crippen LogP contribution in [0, 0.1) is 5.92 Å². The summed E-state index contributed by atoms with van der Waals surface area (Å²) in [6.45, 7) is 14.4. The van der Waals surface area contributed by atoms with Crippen LogP contribution in [0.15, 0.2) is 35.9 Å². The Bertz CT molecular complexity index is 542. The van der Waals surface area contributed by atoms with Crippen molar-refractivity contribution in [3.8, 4) is 11.5 Å². The SMILES string of the molecule is C=C(C)C(C)C(C=C(C)C)c1c(O)cc(CCCCC)cc1O. The Labute approximate surface area is 141 Å². The first kappa shape index (κ1) is 19.3. The highest BCUT2D eigenvalue weighted by molar-refractivity contribution is 5.51. The van der Waals surface area contributed by atoms with Gasteiger partial charge in [0.15, 0.2) is 0 Å². The Morgan fingerprint density at radius 2 is 1.70 bits per heavy atom. The number of hydrogen-bond acceptors (Lipinski definition) is 2. The molecule has 0 saturated heterocycles. The van der Waals surface area contributed by atoms with Crippen molar-refractivity contribution >= 4 is 0 Å². The molecule has 2 atom stereocenters. The van der Waals surface area contributed by atoms with Gasteiger partial charge in [-0.25, -0.2) is 0 Å². The number of phenolic OH excluding ortho intramolecular Hbond substituents is 2. The van der Waals surface area contributed by atoms with E-state index in [1.165, 1.54) is 0 Å². The molecule has 0 aliphatic rings. The van der Waals surface area contributed by atoms with Crippen molar-refractivity contribution in [3.63, 3.8) is 0 Å². The maximum atomic E-state index is 10.5. The molecule has 0 bridgehead atoms. The van der Waals surface area contributed by atoms with Gasteiger partial charge in [-0.3, -0.25) is 0 Å². The van der Waals surface area contributed by atoms with Gasteiger partial charge in [0, 0.05) is 11.5 Å². The highest BCUT2D eigenvalue weighted by atomic mass is 16.3. The fourth-order valence-electron chi connectivity index (χ4n) is 2.89. The smallest absolute Gasteiger partial charge is 0.123 e. The lowest BCUT2D eigenvalue weighted by molar-refractivity contribution is 0.422. The first-order valence-electron chi connectivity index (χ1n) is 8.63. The number of benzene rings is 1. The Morgan fingerprint density at radius 3 is 2.13 bits per heavy atom. The van der Waals surface area contributed by atoms with E-state index in [9.17, 15) is 10.2 Å². The summed E-state index contributed by atoms with van der Waals surface area (Å²) in [6, 6.07) is 3.61. The summed E-state index contributed by atoms with van der Waals surface area (Å²) >= 11 is 0. The van der Waals surface area contributed by atoms with Gasteiger partial charge in [-0.1, -0.05) is 50.5 Å². The summed E-state index contributed by atoms with van der Waals surface area (Å²) in [5.74, 6) is 0.453. The standard InChI is InChI=1S/C21H32O2/c1-7-8-9-10-17-12-19(22)21(20(23)13-17)18(11-14(2)3)16(6)15(4)5/h11-13,16,18,22-23H,4,7-10H2,1-3,5-6H3. The molecule has 0 fully saturated rings. The van der Waals surface area contributed by atoms with Crippen molar-refractivity contribution < 1.29 is 10.2 Å². The predicted molar refractivity (Wildman–Crippen MR) is 99.2 cm³/mol. The first-order chi connectivity index (χ1) is 10.8. The molecule has 2 unspecified atom stereocenters. The second-order valence-electron chi connectivity index (χ2n) is 6.91. The van der Waals surface area contributed by atoms with Crippen LogP contribution in [-0.4, -0.2) is 10.2 Å². The second kappa shape index (κ2) is 8.81. The minimum atomic E-state index is -0.0674. The van der Waals surface area contributed by atoms with E-state index in [2.05, 4.69) is 26.5 Å².